The van der Waals surface area contributed by atoms with Gasteiger partial charge in [0, 0.05) is 22.7 Å². The van der Waals surface area contributed by atoms with Gasteiger partial charge in [-0.3, -0.25) is 4.79 Å². The van der Waals surface area contributed by atoms with E-state index in [-0.39, 0.29) is 11.8 Å². The number of hydrogen-bond acceptors (Lipinski definition) is 6. The number of carbonyl (C=O) groups excluding carboxylic acids is 1. The Morgan fingerprint density at radius 2 is 1.97 bits per heavy atom. The fourth-order valence-electron chi connectivity index (χ4n) is 3.63. The van der Waals surface area contributed by atoms with Crippen molar-refractivity contribution in [2.75, 3.05) is 12.9 Å². The molecule has 0 atom stereocenters. The second-order valence-corrected chi connectivity index (χ2v) is 9.89. The number of ether oxygens (including phenoxy) is 1. The summed E-state index contributed by atoms with van der Waals surface area (Å²) in [4.78, 5) is 24.7. The molecular weight excluding hydrogens is 414 g/mol. The van der Waals surface area contributed by atoms with E-state index in [9.17, 15) is 4.79 Å². The van der Waals surface area contributed by atoms with Gasteiger partial charge in [-0.1, -0.05) is 37.7 Å². The van der Waals surface area contributed by atoms with Crippen molar-refractivity contribution in [3.05, 3.63) is 46.1 Å². The average Bonchev–Trinajstić information content (AvgIpc) is 3.15. The Morgan fingerprint density at radius 1 is 1.20 bits per heavy atom. The molecule has 4 rings (SSSR count). The van der Waals surface area contributed by atoms with Gasteiger partial charge in [0.05, 0.1) is 12.9 Å². The Kier molecular flexibility index (Phi) is 6.58. The van der Waals surface area contributed by atoms with E-state index in [0.717, 1.165) is 39.8 Å². The lowest BCUT2D eigenvalue weighted by Crippen LogP contribution is -2.24. The van der Waals surface area contributed by atoms with Crippen LogP contribution in [-0.4, -0.2) is 28.7 Å². The predicted octanol–water partition coefficient (Wildman–Crippen LogP) is 5.11. The van der Waals surface area contributed by atoms with Crippen molar-refractivity contribution >= 4 is 39.2 Å². The molecule has 5 nitrogen and oxygen atoms in total. The highest BCUT2D eigenvalue weighted by Gasteiger charge is 2.22. The first-order valence-corrected chi connectivity index (χ1v) is 12.2. The molecule has 0 bridgehead atoms. The van der Waals surface area contributed by atoms with E-state index in [1.165, 1.54) is 40.4 Å². The summed E-state index contributed by atoms with van der Waals surface area (Å²) in [5.74, 6) is 2.30. The Hall–Kier alpha value is -2.12. The summed E-state index contributed by atoms with van der Waals surface area (Å²) in [5, 5.41) is 5.15. The van der Waals surface area contributed by atoms with Crippen molar-refractivity contribution in [1.29, 1.82) is 0 Å². The van der Waals surface area contributed by atoms with Gasteiger partial charge in [0.1, 0.15) is 21.4 Å². The Morgan fingerprint density at radius 3 is 2.70 bits per heavy atom. The molecule has 7 heteroatoms. The molecule has 1 aliphatic rings. The molecule has 2 heterocycles. The molecule has 30 heavy (non-hydrogen) atoms. The van der Waals surface area contributed by atoms with Crippen LogP contribution in [0.25, 0.3) is 10.2 Å². The number of thioether (sulfide) groups is 1. The first-order valence-electron chi connectivity index (χ1n) is 10.4. The summed E-state index contributed by atoms with van der Waals surface area (Å²) < 4.78 is 5.17. The first kappa shape index (κ1) is 21.1. The largest absolute Gasteiger partial charge is 0.497 e. The molecule has 0 saturated heterocycles. The smallest absolute Gasteiger partial charge is 0.230 e. The SMILES string of the molecule is COc1ccc(CNC(=O)CSc2nc(C(C)C)nc3sc4c(c23)CCCC4)cc1. The molecule has 0 aliphatic heterocycles. The third-order valence-electron chi connectivity index (χ3n) is 5.30. The first-order chi connectivity index (χ1) is 14.5. The van der Waals surface area contributed by atoms with Gasteiger partial charge in [-0.05, 0) is 48.9 Å². The molecule has 2 aromatic heterocycles. The molecule has 0 fully saturated rings. The van der Waals surface area contributed by atoms with Gasteiger partial charge < -0.3 is 10.1 Å². The number of nitrogens with one attached hydrogen (secondary N) is 1. The fraction of sp³-hybridized carbons (Fsp3) is 0.435. The highest BCUT2D eigenvalue weighted by molar-refractivity contribution is 8.00. The molecule has 0 unspecified atom stereocenters. The lowest BCUT2D eigenvalue weighted by molar-refractivity contribution is -0.118. The van der Waals surface area contributed by atoms with Crippen molar-refractivity contribution in [2.24, 2.45) is 0 Å². The number of thiophene rings is 1. The third kappa shape index (κ3) is 4.62. The predicted molar refractivity (Wildman–Crippen MR) is 124 cm³/mol. The van der Waals surface area contributed by atoms with Crippen molar-refractivity contribution in [2.45, 2.75) is 57.0 Å². The van der Waals surface area contributed by atoms with Crippen LogP contribution in [0.15, 0.2) is 29.3 Å². The van der Waals surface area contributed by atoms with E-state index in [4.69, 9.17) is 14.7 Å². The van der Waals surface area contributed by atoms with Gasteiger partial charge in [-0.2, -0.15) is 0 Å². The zero-order valence-corrected chi connectivity index (χ0v) is 19.3. The number of carbonyl (C=O) groups is 1. The lowest BCUT2D eigenvalue weighted by Gasteiger charge is -2.13. The fourth-order valence-corrected chi connectivity index (χ4v) is 5.86. The molecule has 1 aromatic carbocycles. The van der Waals surface area contributed by atoms with Gasteiger partial charge in [0.2, 0.25) is 5.91 Å². The second-order valence-electron chi connectivity index (χ2n) is 7.85. The summed E-state index contributed by atoms with van der Waals surface area (Å²) in [6.45, 7) is 4.74. The van der Waals surface area contributed by atoms with E-state index in [1.807, 2.05) is 35.6 Å². The van der Waals surface area contributed by atoms with Gasteiger partial charge in [-0.25, -0.2) is 9.97 Å². The summed E-state index contributed by atoms with van der Waals surface area (Å²) in [6, 6.07) is 7.74. The molecular formula is C23H27N3O2S2. The van der Waals surface area contributed by atoms with Crippen molar-refractivity contribution in [3.8, 4) is 5.75 Å². The van der Waals surface area contributed by atoms with Crippen LogP contribution in [0, 0.1) is 0 Å². The number of rotatable bonds is 7. The molecule has 3 aromatic rings. The van der Waals surface area contributed by atoms with E-state index in [2.05, 4.69) is 19.2 Å². The number of hydrogen-bond donors (Lipinski definition) is 1. The van der Waals surface area contributed by atoms with Gasteiger partial charge in [0.25, 0.3) is 0 Å². The summed E-state index contributed by atoms with van der Waals surface area (Å²) >= 11 is 3.35. The average molecular weight is 442 g/mol. The maximum atomic E-state index is 12.5. The maximum Gasteiger partial charge on any atom is 0.230 e. The minimum atomic E-state index is 0.0118. The van der Waals surface area contributed by atoms with Crippen LogP contribution in [0.3, 0.4) is 0 Å². The van der Waals surface area contributed by atoms with Crippen LogP contribution in [-0.2, 0) is 24.2 Å². The number of benzene rings is 1. The second kappa shape index (κ2) is 9.35. The molecule has 1 N–H and O–H groups in total. The molecule has 0 spiro atoms. The summed E-state index contributed by atoms with van der Waals surface area (Å²) in [5.41, 5.74) is 2.46. The van der Waals surface area contributed by atoms with Crippen molar-refractivity contribution < 1.29 is 9.53 Å². The number of amides is 1. The summed E-state index contributed by atoms with van der Waals surface area (Å²) in [7, 11) is 1.65. The van der Waals surface area contributed by atoms with Gasteiger partial charge >= 0.3 is 0 Å². The number of fused-ring (bicyclic) bond motifs is 3. The number of aromatic nitrogens is 2. The molecule has 0 radical (unpaired) electrons. The Balaban J connectivity index is 1.48. The molecule has 158 valence electrons. The normalized spacial score (nSPS) is 13.5. The van der Waals surface area contributed by atoms with E-state index >= 15 is 0 Å². The molecule has 0 saturated carbocycles. The number of nitrogens with zero attached hydrogens (tertiary/aromatic N) is 2. The Bertz CT molecular complexity index is 1040. The number of methoxy groups -OCH3 is 1. The standard InChI is InChI=1S/C23H27N3O2S2/c1-14(2)21-25-22(20-17-6-4-5-7-18(17)30-23(20)26-21)29-13-19(27)24-12-15-8-10-16(28-3)11-9-15/h8-11,14H,4-7,12-13H2,1-3H3,(H,24,27). The zero-order valence-electron chi connectivity index (χ0n) is 17.7. The highest BCUT2D eigenvalue weighted by atomic mass is 32.2. The molecule has 1 aliphatic carbocycles. The Labute approximate surface area is 185 Å². The monoisotopic (exact) mass is 441 g/mol. The highest BCUT2D eigenvalue weighted by Crippen LogP contribution is 2.40. The third-order valence-corrected chi connectivity index (χ3v) is 7.46. The van der Waals surface area contributed by atoms with Crippen LogP contribution in [0.1, 0.15) is 54.4 Å². The minimum Gasteiger partial charge on any atom is -0.497 e. The van der Waals surface area contributed by atoms with Crippen LogP contribution in [0.2, 0.25) is 0 Å². The molecule has 1 amide bonds. The van der Waals surface area contributed by atoms with Gasteiger partial charge in [-0.15, -0.1) is 11.3 Å². The van der Waals surface area contributed by atoms with Crippen LogP contribution >= 0.6 is 23.1 Å². The zero-order chi connectivity index (χ0) is 21.1. The minimum absolute atomic E-state index is 0.0118. The van der Waals surface area contributed by atoms with Crippen LogP contribution < -0.4 is 10.1 Å². The van der Waals surface area contributed by atoms with E-state index < -0.39 is 0 Å². The van der Waals surface area contributed by atoms with Gasteiger partial charge in [0.15, 0.2) is 0 Å². The van der Waals surface area contributed by atoms with Crippen molar-refractivity contribution in [3.63, 3.8) is 0 Å². The van der Waals surface area contributed by atoms with Crippen molar-refractivity contribution in [1.82, 2.24) is 15.3 Å². The lowest BCUT2D eigenvalue weighted by atomic mass is 9.97. The maximum absolute atomic E-state index is 12.5. The summed E-state index contributed by atoms with van der Waals surface area (Å²) in [6.07, 6.45) is 4.70. The number of aryl methyl sites for hydroxylation is 2. The van der Waals surface area contributed by atoms with E-state index in [1.54, 1.807) is 7.11 Å². The van der Waals surface area contributed by atoms with Crippen LogP contribution in [0.4, 0.5) is 0 Å². The quantitative estimate of drug-likeness (QED) is 0.408. The van der Waals surface area contributed by atoms with Crippen LogP contribution in [0.5, 0.6) is 5.75 Å². The topological polar surface area (TPSA) is 64.1 Å². The van der Waals surface area contributed by atoms with E-state index in [0.29, 0.717) is 12.3 Å².